The van der Waals surface area contributed by atoms with Gasteiger partial charge in [0, 0.05) is 25.7 Å². The van der Waals surface area contributed by atoms with Gasteiger partial charge in [0.15, 0.2) is 5.96 Å². The maximum atomic E-state index is 4.23. The SMILES string of the molecule is CN=C1NCCCN1C(C)(C)C. The molecule has 0 amide bonds. The van der Waals surface area contributed by atoms with Crippen molar-refractivity contribution < 1.29 is 0 Å². The Balaban J connectivity index is 2.73. The molecule has 0 radical (unpaired) electrons. The van der Waals surface area contributed by atoms with Gasteiger partial charge in [0.25, 0.3) is 0 Å². The fourth-order valence-corrected chi connectivity index (χ4v) is 1.49. The van der Waals surface area contributed by atoms with E-state index in [1.54, 1.807) is 0 Å². The van der Waals surface area contributed by atoms with Crippen molar-refractivity contribution >= 4 is 5.96 Å². The number of guanidine groups is 1. The van der Waals surface area contributed by atoms with E-state index in [9.17, 15) is 0 Å². The second kappa shape index (κ2) is 3.33. The van der Waals surface area contributed by atoms with Crippen molar-refractivity contribution in [3.05, 3.63) is 0 Å². The molecule has 0 atom stereocenters. The van der Waals surface area contributed by atoms with Crippen LogP contribution in [0.2, 0.25) is 0 Å². The Bertz CT molecular complexity index is 179. The minimum atomic E-state index is 0.183. The van der Waals surface area contributed by atoms with Crippen LogP contribution < -0.4 is 5.32 Å². The van der Waals surface area contributed by atoms with Gasteiger partial charge in [0.05, 0.1) is 0 Å². The summed E-state index contributed by atoms with van der Waals surface area (Å²) < 4.78 is 0. The van der Waals surface area contributed by atoms with Gasteiger partial charge < -0.3 is 10.2 Å². The first-order valence-corrected chi connectivity index (χ1v) is 4.54. The molecule has 0 aromatic heterocycles. The summed E-state index contributed by atoms with van der Waals surface area (Å²) >= 11 is 0. The molecule has 0 aliphatic carbocycles. The highest BCUT2D eigenvalue weighted by Crippen LogP contribution is 2.15. The molecular formula is C9H19N3. The number of rotatable bonds is 0. The van der Waals surface area contributed by atoms with Crippen molar-refractivity contribution in [2.24, 2.45) is 4.99 Å². The molecule has 0 aromatic rings. The third-order valence-electron chi connectivity index (χ3n) is 2.12. The van der Waals surface area contributed by atoms with Crippen LogP contribution in [0.15, 0.2) is 4.99 Å². The van der Waals surface area contributed by atoms with E-state index in [2.05, 4.69) is 36.0 Å². The van der Waals surface area contributed by atoms with E-state index >= 15 is 0 Å². The van der Waals surface area contributed by atoms with Gasteiger partial charge in [-0.1, -0.05) is 0 Å². The van der Waals surface area contributed by atoms with E-state index < -0.39 is 0 Å². The standard InChI is InChI=1S/C9H19N3/c1-9(2,3)12-7-5-6-11-8(12)10-4/h5-7H2,1-4H3,(H,10,11). The average molecular weight is 169 g/mol. The van der Waals surface area contributed by atoms with Crippen molar-refractivity contribution in [2.75, 3.05) is 20.1 Å². The zero-order valence-corrected chi connectivity index (χ0v) is 8.52. The van der Waals surface area contributed by atoms with Crippen molar-refractivity contribution in [1.29, 1.82) is 0 Å². The zero-order chi connectivity index (χ0) is 9.19. The van der Waals surface area contributed by atoms with Gasteiger partial charge in [-0.2, -0.15) is 0 Å². The number of aliphatic imine (C=N–C) groups is 1. The van der Waals surface area contributed by atoms with Crippen LogP contribution in [0.4, 0.5) is 0 Å². The summed E-state index contributed by atoms with van der Waals surface area (Å²) in [4.78, 5) is 6.54. The Morgan fingerprint density at radius 3 is 2.50 bits per heavy atom. The smallest absolute Gasteiger partial charge is 0.194 e. The monoisotopic (exact) mass is 169 g/mol. The summed E-state index contributed by atoms with van der Waals surface area (Å²) in [6, 6.07) is 0. The molecular weight excluding hydrogens is 150 g/mol. The zero-order valence-electron chi connectivity index (χ0n) is 8.52. The lowest BCUT2D eigenvalue weighted by Crippen LogP contribution is -2.55. The maximum Gasteiger partial charge on any atom is 0.194 e. The fourth-order valence-electron chi connectivity index (χ4n) is 1.49. The van der Waals surface area contributed by atoms with Crippen LogP contribution in [0, 0.1) is 0 Å². The number of nitrogens with zero attached hydrogens (tertiary/aromatic N) is 2. The van der Waals surface area contributed by atoms with Crippen molar-refractivity contribution in [3.63, 3.8) is 0 Å². The average Bonchev–Trinajstić information content (AvgIpc) is 2.03. The second-order valence-corrected chi connectivity index (χ2v) is 4.15. The fraction of sp³-hybridized carbons (Fsp3) is 0.889. The lowest BCUT2D eigenvalue weighted by atomic mass is 10.1. The third-order valence-corrected chi connectivity index (χ3v) is 2.12. The first-order chi connectivity index (χ1) is 5.55. The van der Waals surface area contributed by atoms with Crippen molar-refractivity contribution in [3.8, 4) is 0 Å². The van der Waals surface area contributed by atoms with E-state index in [4.69, 9.17) is 0 Å². The maximum absolute atomic E-state index is 4.23. The lowest BCUT2D eigenvalue weighted by Gasteiger charge is -2.41. The van der Waals surface area contributed by atoms with Crippen LogP contribution >= 0.6 is 0 Å². The normalized spacial score (nSPS) is 22.7. The molecule has 0 unspecified atom stereocenters. The Hall–Kier alpha value is -0.730. The molecule has 70 valence electrons. The Labute approximate surface area is 74.9 Å². The molecule has 12 heavy (non-hydrogen) atoms. The molecule has 1 fully saturated rings. The summed E-state index contributed by atoms with van der Waals surface area (Å²) in [6.45, 7) is 8.81. The van der Waals surface area contributed by atoms with Crippen molar-refractivity contribution in [2.45, 2.75) is 32.7 Å². The molecule has 0 aromatic carbocycles. The highest BCUT2D eigenvalue weighted by Gasteiger charge is 2.26. The summed E-state index contributed by atoms with van der Waals surface area (Å²) in [6.07, 6.45) is 1.20. The summed E-state index contributed by atoms with van der Waals surface area (Å²) in [5.41, 5.74) is 0.183. The molecule has 1 heterocycles. The molecule has 1 aliphatic heterocycles. The minimum absolute atomic E-state index is 0.183. The molecule has 1 aliphatic rings. The van der Waals surface area contributed by atoms with Gasteiger partial charge in [-0.05, 0) is 27.2 Å². The van der Waals surface area contributed by atoms with Gasteiger partial charge in [-0.3, -0.25) is 4.99 Å². The van der Waals surface area contributed by atoms with Crippen LogP contribution in [0.25, 0.3) is 0 Å². The van der Waals surface area contributed by atoms with E-state index in [0.29, 0.717) is 0 Å². The van der Waals surface area contributed by atoms with Gasteiger partial charge in [-0.15, -0.1) is 0 Å². The number of nitrogens with one attached hydrogen (secondary N) is 1. The second-order valence-electron chi connectivity index (χ2n) is 4.15. The van der Waals surface area contributed by atoms with Gasteiger partial charge in [0.2, 0.25) is 0 Å². The predicted octanol–water partition coefficient (Wildman–Crippen LogP) is 1.07. The molecule has 0 spiro atoms. The Kier molecular flexibility index (Phi) is 2.60. The Morgan fingerprint density at radius 2 is 2.08 bits per heavy atom. The van der Waals surface area contributed by atoms with Crippen molar-refractivity contribution in [1.82, 2.24) is 10.2 Å². The molecule has 1 saturated heterocycles. The highest BCUT2D eigenvalue weighted by atomic mass is 15.3. The largest absolute Gasteiger partial charge is 0.356 e. The van der Waals surface area contributed by atoms with Crippen LogP contribution in [-0.2, 0) is 0 Å². The van der Waals surface area contributed by atoms with E-state index in [1.165, 1.54) is 6.42 Å². The van der Waals surface area contributed by atoms with Gasteiger partial charge in [-0.25, -0.2) is 0 Å². The van der Waals surface area contributed by atoms with Gasteiger partial charge in [0.1, 0.15) is 0 Å². The van der Waals surface area contributed by atoms with Crippen LogP contribution in [0.5, 0.6) is 0 Å². The summed E-state index contributed by atoms with van der Waals surface area (Å²) in [5.74, 6) is 1.04. The van der Waals surface area contributed by atoms with Crippen LogP contribution in [0.3, 0.4) is 0 Å². The van der Waals surface area contributed by atoms with Gasteiger partial charge >= 0.3 is 0 Å². The number of hydrogen-bond donors (Lipinski definition) is 1. The molecule has 1 rings (SSSR count). The first-order valence-electron chi connectivity index (χ1n) is 4.54. The summed E-state index contributed by atoms with van der Waals surface area (Å²) in [5, 5.41) is 3.30. The quantitative estimate of drug-likeness (QED) is 0.587. The molecule has 0 saturated carbocycles. The predicted molar refractivity (Wildman–Crippen MR) is 52.4 cm³/mol. The topological polar surface area (TPSA) is 27.6 Å². The lowest BCUT2D eigenvalue weighted by molar-refractivity contribution is 0.213. The Morgan fingerprint density at radius 1 is 1.42 bits per heavy atom. The van der Waals surface area contributed by atoms with E-state index in [1.807, 2.05) is 7.05 Å². The summed E-state index contributed by atoms with van der Waals surface area (Å²) in [7, 11) is 1.84. The molecule has 0 bridgehead atoms. The van der Waals surface area contributed by atoms with E-state index in [-0.39, 0.29) is 5.54 Å². The minimum Gasteiger partial charge on any atom is -0.356 e. The third kappa shape index (κ3) is 1.90. The highest BCUT2D eigenvalue weighted by molar-refractivity contribution is 5.81. The number of hydrogen-bond acceptors (Lipinski definition) is 1. The first kappa shape index (κ1) is 9.36. The van der Waals surface area contributed by atoms with Crippen LogP contribution in [0.1, 0.15) is 27.2 Å². The molecule has 3 heteroatoms. The van der Waals surface area contributed by atoms with Crippen LogP contribution in [-0.4, -0.2) is 36.5 Å². The van der Waals surface area contributed by atoms with E-state index in [0.717, 1.165) is 19.0 Å². The molecule has 1 N–H and O–H groups in total. The molecule has 3 nitrogen and oxygen atoms in total.